The number of rotatable bonds is 10. The van der Waals surface area contributed by atoms with Gasteiger partial charge in [-0.3, -0.25) is 0 Å². The molecule has 110 valence electrons. The summed E-state index contributed by atoms with van der Waals surface area (Å²) >= 11 is 6.34. The van der Waals surface area contributed by atoms with Gasteiger partial charge in [0.1, 0.15) is 12.2 Å². The van der Waals surface area contributed by atoms with Crippen LogP contribution in [-0.4, -0.2) is 64.3 Å². The summed E-state index contributed by atoms with van der Waals surface area (Å²) in [5.74, 6) is 0.0650. The second-order valence-electron chi connectivity index (χ2n) is 3.39. The molecule has 0 aromatic carbocycles. The third kappa shape index (κ3) is 6.79. The van der Waals surface area contributed by atoms with Crippen molar-refractivity contribution >= 4 is 28.9 Å². The van der Waals surface area contributed by atoms with E-state index in [0.717, 1.165) is 11.4 Å². The molecule has 0 spiro atoms. The van der Waals surface area contributed by atoms with Crippen molar-refractivity contribution < 1.29 is 29.5 Å². The van der Waals surface area contributed by atoms with Crippen molar-refractivity contribution in [3.63, 3.8) is 0 Å². The first-order valence-electron chi connectivity index (χ1n) is 5.58. The third-order valence-corrected chi connectivity index (χ3v) is 7.52. The second kappa shape index (κ2) is 9.63. The quantitative estimate of drug-likeness (QED) is 0.420. The SMILES string of the molecule is CCOP(=S)(OCC)SC[C@H](O)[C@@H](O)[C@H](O)CO. The van der Waals surface area contributed by atoms with E-state index in [-0.39, 0.29) is 5.75 Å². The molecule has 0 aliphatic carbocycles. The summed E-state index contributed by atoms with van der Waals surface area (Å²) in [7, 11) is 0. The average Bonchev–Trinajstić information content (AvgIpc) is 2.34. The van der Waals surface area contributed by atoms with Gasteiger partial charge in [-0.05, 0) is 25.7 Å². The Balaban J connectivity index is 4.30. The van der Waals surface area contributed by atoms with Gasteiger partial charge in [0.05, 0.1) is 25.9 Å². The molecule has 4 N–H and O–H groups in total. The van der Waals surface area contributed by atoms with E-state index < -0.39 is 30.6 Å². The van der Waals surface area contributed by atoms with Gasteiger partial charge < -0.3 is 29.5 Å². The molecule has 0 bridgehead atoms. The Hall–Kier alpha value is 0.760. The first-order valence-corrected chi connectivity index (χ1v) is 9.81. The maximum absolute atomic E-state index is 9.64. The molecule has 0 heterocycles. The van der Waals surface area contributed by atoms with Crippen LogP contribution in [-0.2, 0) is 20.9 Å². The summed E-state index contributed by atoms with van der Waals surface area (Å²) in [4.78, 5) is 0. The number of aliphatic hydroxyl groups is 4. The maximum atomic E-state index is 9.64. The first-order chi connectivity index (χ1) is 8.40. The third-order valence-electron chi connectivity index (χ3n) is 1.95. The standard InChI is InChI=1S/C9H21O6PS2/c1-3-14-16(17,15-4-2)18-6-8(12)9(13)7(11)5-10/h7-13H,3-6H2,1-2H3/t7-,8+,9+/m1/s1. The lowest BCUT2D eigenvalue weighted by molar-refractivity contribution is -0.0683. The highest BCUT2D eigenvalue weighted by molar-refractivity contribution is 8.67. The van der Waals surface area contributed by atoms with Crippen molar-refractivity contribution in [2.75, 3.05) is 25.6 Å². The maximum Gasteiger partial charge on any atom is 0.247 e. The van der Waals surface area contributed by atoms with Crippen LogP contribution in [0.25, 0.3) is 0 Å². The molecule has 6 nitrogen and oxygen atoms in total. The molecule has 0 unspecified atom stereocenters. The Bertz CT molecular complexity index is 257. The van der Waals surface area contributed by atoms with Gasteiger partial charge in [-0.25, -0.2) is 0 Å². The molecule has 0 aliphatic heterocycles. The normalized spacial score (nSPS) is 17.4. The molecule has 0 radical (unpaired) electrons. The molecule has 0 rings (SSSR count). The monoisotopic (exact) mass is 320 g/mol. The van der Waals surface area contributed by atoms with Crippen LogP contribution in [0.15, 0.2) is 0 Å². The number of hydrogen-bond acceptors (Lipinski definition) is 8. The highest BCUT2D eigenvalue weighted by Gasteiger charge is 2.27. The minimum atomic E-state index is -2.52. The molecule has 0 saturated carbocycles. The van der Waals surface area contributed by atoms with Crippen molar-refractivity contribution in [1.82, 2.24) is 0 Å². The first kappa shape index (κ1) is 18.8. The molecule has 0 aromatic heterocycles. The molecule has 9 heteroatoms. The van der Waals surface area contributed by atoms with Crippen molar-refractivity contribution in [3.05, 3.63) is 0 Å². The van der Waals surface area contributed by atoms with Gasteiger partial charge in [0.25, 0.3) is 0 Å². The Morgan fingerprint density at radius 2 is 1.61 bits per heavy atom. The van der Waals surface area contributed by atoms with E-state index in [1.54, 1.807) is 13.8 Å². The highest BCUT2D eigenvalue weighted by Crippen LogP contribution is 2.61. The minimum absolute atomic E-state index is 0.0650. The topological polar surface area (TPSA) is 99.4 Å². The molecule has 0 saturated heterocycles. The molecular formula is C9H21O6PS2. The van der Waals surface area contributed by atoms with Gasteiger partial charge in [0.2, 0.25) is 5.69 Å². The van der Waals surface area contributed by atoms with Gasteiger partial charge >= 0.3 is 0 Å². The highest BCUT2D eigenvalue weighted by atomic mass is 32.9. The summed E-state index contributed by atoms with van der Waals surface area (Å²) in [6.07, 6.45) is -4.01. The molecule has 0 aromatic rings. The predicted octanol–water partition coefficient (Wildman–Crippen LogP) is 0.0921. The minimum Gasteiger partial charge on any atom is -0.394 e. The fraction of sp³-hybridized carbons (Fsp3) is 1.00. The van der Waals surface area contributed by atoms with Gasteiger partial charge in [-0.1, -0.05) is 11.4 Å². The van der Waals surface area contributed by atoms with Crippen LogP contribution >= 0.6 is 17.1 Å². The molecule has 0 aliphatic rings. The van der Waals surface area contributed by atoms with Gasteiger partial charge in [0, 0.05) is 5.75 Å². The van der Waals surface area contributed by atoms with Crippen LogP contribution in [0.4, 0.5) is 0 Å². The summed E-state index contributed by atoms with van der Waals surface area (Å²) in [6.45, 7) is 3.78. The van der Waals surface area contributed by atoms with Crippen LogP contribution in [0.2, 0.25) is 0 Å². The van der Waals surface area contributed by atoms with Crippen molar-refractivity contribution in [2.45, 2.75) is 32.2 Å². The average molecular weight is 320 g/mol. The Kier molecular flexibility index (Phi) is 10.0. The Morgan fingerprint density at radius 1 is 1.11 bits per heavy atom. The fourth-order valence-electron chi connectivity index (χ4n) is 1.06. The van der Waals surface area contributed by atoms with Crippen LogP contribution in [0.1, 0.15) is 13.8 Å². The van der Waals surface area contributed by atoms with Crippen LogP contribution < -0.4 is 0 Å². The Labute approximate surface area is 116 Å². The van der Waals surface area contributed by atoms with Gasteiger partial charge in [-0.2, -0.15) is 0 Å². The second-order valence-corrected chi connectivity index (χ2v) is 9.74. The van der Waals surface area contributed by atoms with E-state index in [2.05, 4.69) is 0 Å². The van der Waals surface area contributed by atoms with E-state index >= 15 is 0 Å². The van der Waals surface area contributed by atoms with E-state index in [9.17, 15) is 15.3 Å². The summed E-state index contributed by atoms with van der Waals surface area (Å²) in [6, 6.07) is 0. The van der Waals surface area contributed by atoms with Crippen molar-refractivity contribution in [2.24, 2.45) is 0 Å². The van der Waals surface area contributed by atoms with Gasteiger partial charge in [-0.15, -0.1) is 0 Å². The molecule has 3 atom stereocenters. The van der Waals surface area contributed by atoms with E-state index in [0.29, 0.717) is 13.2 Å². The van der Waals surface area contributed by atoms with Gasteiger partial charge in [0.15, 0.2) is 0 Å². The fourth-order valence-corrected chi connectivity index (χ4v) is 5.71. The lowest BCUT2D eigenvalue weighted by atomic mass is 10.1. The van der Waals surface area contributed by atoms with E-state index in [1.807, 2.05) is 0 Å². The van der Waals surface area contributed by atoms with E-state index in [1.165, 1.54) is 0 Å². The lowest BCUT2D eigenvalue weighted by Gasteiger charge is -2.24. The molecule has 0 amide bonds. The summed E-state index contributed by atoms with van der Waals surface area (Å²) < 4.78 is 10.7. The van der Waals surface area contributed by atoms with E-state index in [4.69, 9.17) is 26.0 Å². The largest absolute Gasteiger partial charge is 0.394 e. The smallest absolute Gasteiger partial charge is 0.247 e. The van der Waals surface area contributed by atoms with Crippen LogP contribution in [0.3, 0.4) is 0 Å². The van der Waals surface area contributed by atoms with Crippen LogP contribution in [0.5, 0.6) is 0 Å². The van der Waals surface area contributed by atoms with Crippen molar-refractivity contribution in [3.8, 4) is 0 Å². The lowest BCUT2D eigenvalue weighted by Crippen LogP contribution is -2.40. The number of hydrogen-bond donors (Lipinski definition) is 4. The zero-order valence-electron chi connectivity index (χ0n) is 10.4. The zero-order valence-corrected chi connectivity index (χ0v) is 13.0. The molecule has 18 heavy (non-hydrogen) atoms. The van der Waals surface area contributed by atoms with Crippen LogP contribution in [0, 0.1) is 0 Å². The summed E-state index contributed by atoms with van der Waals surface area (Å²) in [5, 5.41) is 36.9. The predicted molar refractivity (Wildman–Crippen MR) is 75.1 cm³/mol. The van der Waals surface area contributed by atoms with Crippen molar-refractivity contribution in [1.29, 1.82) is 0 Å². The molecule has 0 fully saturated rings. The molecular weight excluding hydrogens is 299 g/mol. The Morgan fingerprint density at radius 3 is 2.00 bits per heavy atom. The summed E-state index contributed by atoms with van der Waals surface area (Å²) in [5.41, 5.74) is -2.52. The zero-order chi connectivity index (χ0) is 14.2. The number of aliphatic hydroxyl groups excluding tert-OH is 4.